The highest BCUT2D eigenvalue weighted by molar-refractivity contribution is 6.40. The van der Waals surface area contributed by atoms with Gasteiger partial charge in [0.1, 0.15) is 5.69 Å². The van der Waals surface area contributed by atoms with Crippen molar-refractivity contribution in [3.63, 3.8) is 0 Å². The Morgan fingerprint density at radius 3 is 2.50 bits per heavy atom. The predicted octanol–water partition coefficient (Wildman–Crippen LogP) is 4.10. The number of carbonyl (C=O) groups is 2. The standard InChI is InChI=1S/C18H20Cl2N2O4/c1-8-5-6-12(19)17(15(8)20)22-13(24)7-26-18(25)16-9(2)14(11(4)23)10(3)21-16/h5-6,11,21,23H,7H2,1-4H3,(H,22,24)/t11-/m1/s1. The monoisotopic (exact) mass is 398 g/mol. The fraction of sp³-hybridized carbons (Fsp3) is 0.333. The van der Waals surface area contributed by atoms with Crippen molar-refractivity contribution < 1.29 is 19.4 Å². The van der Waals surface area contributed by atoms with E-state index in [1.54, 1.807) is 39.8 Å². The molecule has 1 amide bonds. The van der Waals surface area contributed by atoms with Gasteiger partial charge in [0.25, 0.3) is 5.91 Å². The smallest absolute Gasteiger partial charge is 0.355 e. The predicted molar refractivity (Wildman–Crippen MR) is 101 cm³/mol. The number of ether oxygens (including phenoxy) is 1. The summed E-state index contributed by atoms with van der Waals surface area (Å²) in [5.74, 6) is -1.25. The Hall–Kier alpha value is -2.02. The van der Waals surface area contributed by atoms with Crippen molar-refractivity contribution in [3.05, 3.63) is 50.3 Å². The normalized spacial score (nSPS) is 12.0. The first-order valence-corrected chi connectivity index (χ1v) is 8.67. The van der Waals surface area contributed by atoms with Crippen molar-refractivity contribution in [3.8, 4) is 0 Å². The molecule has 0 unspecified atom stereocenters. The summed E-state index contributed by atoms with van der Waals surface area (Å²) in [4.78, 5) is 27.2. The van der Waals surface area contributed by atoms with E-state index in [9.17, 15) is 14.7 Å². The van der Waals surface area contributed by atoms with Gasteiger partial charge in [-0.25, -0.2) is 4.79 Å². The van der Waals surface area contributed by atoms with Crippen LogP contribution in [0, 0.1) is 20.8 Å². The van der Waals surface area contributed by atoms with Crippen molar-refractivity contribution in [1.82, 2.24) is 4.98 Å². The number of hydrogen-bond acceptors (Lipinski definition) is 4. The number of aromatic amines is 1. The number of carbonyl (C=O) groups excluding carboxylic acids is 2. The number of anilines is 1. The van der Waals surface area contributed by atoms with E-state index >= 15 is 0 Å². The number of nitrogens with one attached hydrogen (secondary N) is 2. The van der Waals surface area contributed by atoms with Gasteiger partial charge in [0.05, 0.1) is 21.8 Å². The number of benzene rings is 1. The maximum atomic E-state index is 12.2. The summed E-state index contributed by atoms with van der Waals surface area (Å²) in [6.45, 7) is 6.35. The van der Waals surface area contributed by atoms with Gasteiger partial charge in [-0.05, 0) is 44.9 Å². The lowest BCUT2D eigenvalue weighted by atomic mass is 10.1. The van der Waals surface area contributed by atoms with Crippen LogP contribution in [0.3, 0.4) is 0 Å². The van der Waals surface area contributed by atoms with E-state index in [4.69, 9.17) is 27.9 Å². The summed E-state index contributed by atoms with van der Waals surface area (Å²) in [7, 11) is 0. The fourth-order valence-corrected chi connectivity index (χ4v) is 3.21. The molecule has 0 saturated carbocycles. The highest BCUT2D eigenvalue weighted by atomic mass is 35.5. The molecule has 140 valence electrons. The van der Waals surface area contributed by atoms with Crippen LogP contribution >= 0.6 is 23.2 Å². The molecule has 0 aliphatic heterocycles. The number of aryl methyl sites for hydroxylation is 2. The molecule has 0 aliphatic carbocycles. The Kier molecular flexibility index (Phi) is 6.34. The van der Waals surface area contributed by atoms with Gasteiger partial charge in [-0.1, -0.05) is 29.3 Å². The van der Waals surface area contributed by atoms with Gasteiger partial charge in [-0.3, -0.25) is 4.79 Å². The van der Waals surface area contributed by atoms with Crippen LogP contribution in [0.25, 0.3) is 0 Å². The highest BCUT2D eigenvalue weighted by Gasteiger charge is 2.22. The minimum Gasteiger partial charge on any atom is -0.451 e. The molecule has 1 aromatic carbocycles. The van der Waals surface area contributed by atoms with Crippen LogP contribution in [0.15, 0.2) is 12.1 Å². The third kappa shape index (κ3) is 4.20. The summed E-state index contributed by atoms with van der Waals surface area (Å²) >= 11 is 12.2. The molecule has 1 aromatic heterocycles. The van der Waals surface area contributed by atoms with Crippen molar-refractivity contribution in [2.24, 2.45) is 0 Å². The fourth-order valence-electron chi connectivity index (χ4n) is 2.75. The zero-order valence-electron chi connectivity index (χ0n) is 14.9. The van der Waals surface area contributed by atoms with Gasteiger partial charge in [0.15, 0.2) is 6.61 Å². The van der Waals surface area contributed by atoms with E-state index in [0.29, 0.717) is 21.8 Å². The zero-order valence-corrected chi connectivity index (χ0v) is 16.4. The highest BCUT2D eigenvalue weighted by Crippen LogP contribution is 2.32. The Bertz CT molecular complexity index is 859. The molecule has 6 nitrogen and oxygen atoms in total. The van der Waals surface area contributed by atoms with Crippen molar-refractivity contribution >= 4 is 40.8 Å². The number of amides is 1. The van der Waals surface area contributed by atoms with Crippen molar-refractivity contribution in [2.75, 3.05) is 11.9 Å². The largest absolute Gasteiger partial charge is 0.451 e. The van der Waals surface area contributed by atoms with E-state index in [1.165, 1.54) is 0 Å². The summed E-state index contributed by atoms with van der Waals surface area (Å²) in [5.41, 5.74) is 3.14. The SMILES string of the molecule is Cc1ccc(Cl)c(NC(=O)COC(=O)c2[nH]c(C)c([C@@H](C)O)c2C)c1Cl. The van der Waals surface area contributed by atoms with Gasteiger partial charge in [0.2, 0.25) is 0 Å². The second-order valence-corrected chi connectivity index (χ2v) is 6.80. The average molecular weight is 399 g/mol. The van der Waals surface area contributed by atoms with E-state index in [0.717, 1.165) is 5.56 Å². The molecule has 3 N–H and O–H groups in total. The van der Waals surface area contributed by atoms with Crippen LogP contribution in [0.4, 0.5) is 5.69 Å². The molecular weight excluding hydrogens is 379 g/mol. The molecule has 1 atom stereocenters. The number of aliphatic hydroxyl groups is 1. The molecular formula is C18H20Cl2N2O4. The molecule has 26 heavy (non-hydrogen) atoms. The summed E-state index contributed by atoms with van der Waals surface area (Å²) in [6.07, 6.45) is -0.721. The van der Waals surface area contributed by atoms with Crippen LogP contribution in [-0.2, 0) is 9.53 Å². The van der Waals surface area contributed by atoms with E-state index in [1.807, 2.05) is 0 Å². The second-order valence-electron chi connectivity index (χ2n) is 6.02. The number of H-pyrrole nitrogens is 1. The number of esters is 1. The topological polar surface area (TPSA) is 91.4 Å². The van der Waals surface area contributed by atoms with Crippen LogP contribution in [0.1, 0.15) is 45.9 Å². The molecule has 2 aromatic rings. The van der Waals surface area contributed by atoms with Crippen molar-refractivity contribution in [1.29, 1.82) is 0 Å². The van der Waals surface area contributed by atoms with Gasteiger partial charge in [-0.15, -0.1) is 0 Å². The maximum Gasteiger partial charge on any atom is 0.355 e. The van der Waals surface area contributed by atoms with E-state index < -0.39 is 24.6 Å². The van der Waals surface area contributed by atoms with E-state index in [2.05, 4.69) is 10.3 Å². The molecule has 0 aliphatic rings. The Morgan fingerprint density at radius 2 is 1.92 bits per heavy atom. The lowest BCUT2D eigenvalue weighted by Crippen LogP contribution is -2.22. The molecule has 0 radical (unpaired) electrons. The summed E-state index contributed by atoms with van der Waals surface area (Å²) in [5, 5.41) is 12.9. The lowest BCUT2D eigenvalue weighted by molar-refractivity contribution is -0.119. The first kappa shape index (κ1) is 20.3. The molecule has 0 saturated heterocycles. The van der Waals surface area contributed by atoms with Gasteiger partial charge < -0.3 is 20.1 Å². The summed E-state index contributed by atoms with van der Waals surface area (Å²) in [6, 6.07) is 3.35. The number of hydrogen-bond donors (Lipinski definition) is 3. The molecule has 0 fully saturated rings. The zero-order chi connectivity index (χ0) is 19.6. The first-order chi connectivity index (χ1) is 12.1. The number of halogens is 2. The Labute approximate surface area is 161 Å². The minimum atomic E-state index is -0.721. The first-order valence-electron chi connectivity index (χ1n) is 7.92. The average Bonchev–Trinajstić information content (AvgIpc) is 2.87. The van der Waals surface area contributed by atoms with Gasteiger partial charge >= 0.3 is 5.97 Å². The van der Waals surface area contributed by atoms with Crippen LogP contribution in [-0.4, -0.2) is 28.6 Å². The Balaban J connectivity index is 2.06. The number of rotatable bonds is 5. The van der Waals surface area contributed by atoms with Gasteiger partial charge in [-0.2, -0.15) is 0 Å². The van der Waals surface area contributed by atoms with Crippen molar-refractivity contribution in [2.45, 2.75) is 33.8 Å². The summed E-state index contributed by atoms with van der Waals surface area (Å²) < 4.78 is 5.05. The maximum absolute atomic E-state index is 12.2. The lowest BCUT2D eigenvalue weighted by Gasteiger charge is -2.11. The quantitative estimate of drug-likeness (QED) is 0.661. The second kappa shape index (κ2) is 8.12. The molecule has 2 rings (SSSR count). The third-order valence-electron chi connectivity index (χ3n) is 4.00. The molecule has 8 heteroatoms. The number of aliphatic hydroxyl groups excluding tert-OH is 1. The third-order valence-corrected chi connectivity index (χ3v) is 4.80. The molecule has 1 heterocycles. The van der Waals surface area contributed by atoms with E-state index in [-0.39, 0.29) is 16.4 Å². The Morgan fingerprint density at radius 1 is 1.27 bits per heavy atom. The van der Waals surface area contributed by atoms with Crippen LogP contribution < -0.4 is 5.32 Å². The number of aromatic nitrogens is 1. The van der Waals surface area contributed by atoms with Gasteiger partial charge in [0, 0.05) is 11.3 Å². The minimum absolute atomic E-state index is 0.206. The molecule has 0 spiro atoms. The van der Waals surface area contributed by atoms with Crippen LogP contribution in [0.2, 0.25) is 10.0 Å². The van der Waals surface area contributed by atoms with Crippen LogP contribution in [0.5, 0.6) is 0 Å². The molecule has 0 bridgehead atoms.